The van der Waals surface area contributed by atoms with E-state index >= 15 is 0 Å². The van der Waals surface area contributed by atoms with Crippen LogP contribution >= 0.6 is 0 Å². The van der Waals surface area contributed by atoms with Crippen LogP contribution in [0.4, 0.5) is 11.4 Å². The molecule has 0 amide bonds. The van der Waals surface area contributed by atoms with Crippen molar-refractivity contribution < 1.29 is 66.2 Å². The summed E-state index contributed by atoms with van der Waals surface area (Å²) in [5.41, 5.74) is -1.25. The van der Waals surface area contributed by atoms with Crippen molar-refractivity contribution in [2.75, 3.05) is 10.6 Å². The van der Waals surface area contributed by atoms with E-state index < -0.39 is 76.1 Å². The van der Waals surface area contributed by atoms with E-state index in [4.69, 9.17) is 0 Å². The maximum absolute atomic E-state index is 12.2. The molecule has 0 unspecified atom stereocenters. The van der Waals surface area contributed by atoms with Crippen LogP contribution < -0.4 is 10.6 Å². The summed E-state index contributed by atoms with van der Waals surface area (Å²) >= 11 is 0. The van der Waals surface area contributed by atoms with Crippen molar-refractivity contribution in [3.63, 3.8) is 0 Å². The van der Waals surface area contributed by atoms with Crippen LogP contribution in [0.25, 0.3) is 12.2 Å². The fraction of sp³-hybridized carbons (Fsp3) is 0.0667. The van der Waals surface area contributed by atoms with Gasteiger partial charge in [0.05, 0.1) is 11.1 Å². The molecule has 10 N–H and O–H groups in total. The number of phenols is 4. The van der Waals surface area contributed by atoms with Crippen LogP contribution in [0.3, 0.4) is 0 Å². The van der Waals surface area contributed by atoms with Gasteiger partial charge in [0.15, 0.2) is 0 Å². The molecule has 4 aromatic rings. The minimum Gasteiger partial charge on any atom is -0.508 e. The Morgan fingerprint density at radius 3 is 1.25 bits per heavy atom. The Labute approximate surface area is 272 Å². The smallest absolute Gasteiger partial charge is 0.336 e. The first kappa shape index (κ1) is 35.0. The van der Waals surface area contributed by atoms with Crippen molar-refractivity contribution in [2.24, 2.45) is 0 Å². The van der Waals surface area contributed by atoms with Crippen LogP contribution in [-0.2, 0) is 33.3 Å². The summed E-state index contributed by atoms with van der Waals surface area (Å²) < 4.78 is 68.7. The first-order chi connectivity index (χ1) is 22.3. The van der Waals surface area contributed by atoms with Crippen LogP contribution in [0, 0.1) is 0 Å². The standard InChI is InChI=1S/C30H26N2O14S2/c33-19-9-21(29(37)38)23(25(35)11-19)13-31-17-5-3-15(27(7-17)47(41,42)43)1-2-16-4-6-18(8-28(16)48(44,45)46)32-14-24-22(30(39)40)10-20(34)12-26(24)36/h1-12,31-36H,13-14H2,(H,37,38)(H,39,40)(H,41,42,43)(H,44,45,46)/b2-1-. The van der Waals surface area contributed by atoms with Gasteiger partial charge in [-0.2, -0.15) is 16.8 Å². The second-order valence-corrected chi connectivity index (χ2v) is 12.9. The molecule has 4 rings (SSSR count). The molecule has 0 fully saturated rings. The number of hydrogen-bond donors (Lipinski definition) is 10. The lowest BCUT2D eigenvalue weighted by Crippen LogP contribution is -2.09. The summed E-state index contributed by atoms with van der Waals surface area (Å²) in [6, 6.07) is 10.8. The largest absolute Gasteiger partial charge is 0.508 e. The third kappa shape index (κ3) is 8.12. The van der Waals surface area contributed by atoms with Crippen molar-refractivity contribution >= 4 is 55.7 Å². The van der Waals surface area contributed by atoms with Crippen LogP contribution in [0.5, 0.6) is 23.0 Å². The van der Waals surface area contributed by atoms with Gasteiger partial charge in [0, 0.05) is 47.7 Å². The van der Waals surface area contributed by atoms with E-state index in [1.165, 1.54) is 24.3 Å². The summed E-state index contributed by atoms with van der Waals surface area (Å²) in [7, 11) is -9.79. The highest BCUT2D eigenvalue weighted by Gasteiger charge is 2.20. The number of hydrogen-bond acceptors (Lipinski definition) is 12. The van der Waals surface area contributed by atoms with Gasteiger partial charge in [0.2, 0.25) is 0 Å². The number of benzene rings is 4. The number of phenolic OH excluding ortho intramolecular Hbond substituents is 4. The Morgan fingerprint density at radius 1 is 0.583 bits per heavy atom. The minimum atomic E-state index is -4.90. The van der Waals surface area contributed by atoms with Gasteiger partial charge in [-0.1, -0.05) is 24.3 Å². The average molecular weight is 703 g/mol. The van der Waals surface area contributed by atoms with E-state index in [1.807, 2.05) is 0 Å². The maximum atomic E-state index is 12.2. The van der Waals surface area contributed by atoms with Crippen molar-refractivity contribution in [1.82, 2.24) is 0 Å². The molecule has 0 radical (unpaired) electrons. The highest BCUT2D eigenvalue weighted by atomic mass is 32.2. The molecule has 4 aromatic carbocycles. The minimum absolute atomic E-state index is 0.0587. The highest BCUT2D eigenvalue weighted by molar-refractivity contribution is 7.86. The van der Waals surface area contributed by atoms with E-state index in [0.717, 1.165) is 48.6 Å². The Balaban J connectivity index is 1.63. The molecule has 0 saturated carbocycles. The van der Waals surface area contributed by atoms with Crippen molar-refractivity contribution in [3.05, 3.63) is 94.0 Å². The van der Waals surface area contributed by atoms with E-state index in [1.54, 1.807) is 0 Å². The summed E-state index contributed by atoms with van der Waals surface area (Å²) in [6.07, 6.45) is 2.26. The van der Waals surface area contributed by atoms with Gasteiger partial charge in [0.25, 0.3) is 20.2 Å². The SMILES string of the molecule is O=C(O)c1cc(O)cc(O)c1CNc1ccc(/C=C\c2ccc(NCc3c(O)cc(O)cc3C(=O)O)cc2S(=O)(=O)O)c(S(=O)(=O)O)c1. The Hall–Kier alpha value is -5.82. The zero-order chi connectivity index (χ0) is 35.6. The fourth-order valence-corrected chi connectivity index (χ4v) is 6.03. The van der Waals surface area contributed by atoms with Crippen LogP contribution in [0.15, 0.2) is 70.5 Å². The topological polar surface area (TPSA) is 288 Å². The number of aromatic hydroxyl groups is 4. The van der Waals surface area contributed by atoms with E-state index in [-0.39, 0.29) is 46.7 Å². The molecule has 0 aliphatic rings. The molecule has 0 bridgehead atoms. The molecule has 16 nitrogen and oxygen atoms in total. The third-order valence-electron chi connectivity index (χ3n) is 6.85. The van der Waals surface area contributed by atoms with Crippen LogP contribution in [0.2, 0.25) is 0 Å². The lowest BCUT2D eigenvalue weighted by Gasteiger charge is -2.14. The molecule has 48 heavy (non-hydrogen) atoms. The lowest BCUT2D eigenvalue weighted by atomic mass is 10.1. The quantitative estimate of drug-likeness (QED) is 0.0742. The molecule has 252 valence electrons. The van der Waals surface area contributed by atoms with E-state index in [2.05, 4.69) is 10.6 Å². The number of carboxylic acid groups (broad SMARTS) is 2. The molecule has 0 spiro atoms. The van der Waals surface area contributed by atoms with Gasteiger partial charge in [0.1, 0.15) is 32.8 Å². The summed E-state index contributed by atoms with van der Waals surface area (Å²) in [5, 5.41) is 63.7. The number of rotatable bonds is 12. The van der Waals surface area contributed by atoms with Crippen molar-refractivity contribution in [3.8, 4) is 23.0 Å². The molecule has 0 aliphatic carbocycles. The van der Waals surface area contributed by atoms with Gasteiger partial charge in [-0.15, -0.1) is 0 Å². The zero-order valence-electron chi connectivity index (χ0n) is 24.2. The number of carbonyl (C=O) groups is 2. The first-order valence-corrected chi connectivity index (χ1v) is 16.2. The van der Waals surface area contributed by atoms with E-state index in [9.17, 15) is 66.2 Å². The molecule has 18 heteroatoms. The van der Waals surface area contributed by atoms with E-state index in [0.29, 0.717) is 0 Å². The van der Waals surface area contributed by atoms with Crippen molar-refractivity contribution in [2.45, 2.75) is 22.9 Å². The van der Waals surface area contributed by atoms with Crippen molar-refractivity contribution in [1.29, 1.82) is 0 Å². The third-order valence-corrected chi connectivity index (χ3v) is 8.67. The zero-order valence-corrected chi connectivity index (χ0v) is 25.8. The first-order valence-electron chi connectivity index (χ1n) is 13.3. The van der Waals surface area contributed by atoms with Gasteiger partial charge in [-0.05, 0) is 47.5 Å². The summed E-state index contributed by atoms with van der Waals surface area (Å²) in [6.45, 7) is -0.675. The second kappa shape index (κ2) is 13.5. The molecular formula is C30H26N2O14S2. The maximum Gasteiger partial charge on any atom is 0.336 e. The Bertz CT molecular complexity index is 2040. The predicted molar refractivity (Wildman–Crippen MR) is 170 cm³/mol. The molecular weight excluding hydrogens is 676 g/mol. The molecule has 0 atom stereocenters. The number of nitrogens with one attached hydrogen (secondary N) is 2. The fourth-order valence-electron chi connectivity index (χ4n) is 4.61. The molecule has 0 heterocycles. The van der Waals surface area contributed by atoms with Gasteiger partial charge in [-0.25, -0.2) is 9.59 Å². The summed E-state index contributed by atoms with van der Waals surface area (Å²) in [5.74, 6) is -4.98. The average Bonchev–Trinajstić information content (AvgIpc) is 2.97. The molecule has 0 saturated heterocycles. The van der Waals surface area contributed by atoms with Gasteiger partial charge < -0.3 is 41.3 Å². The molecule has 0 aromatic heterocycles. The Morgan fingerprint density at radius 2 is 0.938 bits per heavy atom. The number of anilines is 2. The van der Waals surface area contributed by atoms with Crippen LogP contribution in [-0.4, -0.2) is 68.5 Å². The number of carboxylic acids is 2. The Kier molecular flexibility index (Phi) is 9.85. The normalized spacial score (nSPS) is 11.8. The highest BCUT2D eigenvalue weighted by Crippen LogP contribution is 2.31. The van der Waals surface area contributed by atoms with Crippen LogP contribution in [0.1, 0.15) is 43.0 Å². The van der Waals surface area contributed by atoms with Gasteiger partial charge >= 0.3 is 11.9 Å². The summed E-state index contributed by atoms with van der Waals surface area (Å²) in [4.78, 5) is 21.8. The second-order valence-electron chi connectivity index (χ2n) is 10.1. The predicted octanol–water partition coefficient (Wildman–Crippen LogP) is 3.79. The molecule has 0 aliphatic heterocycles. The van der Waals surface area contributed by atoms with Gasteiger partial charge in [-0.3, -0.25) is 9.11 Å². The monoisotopic (exact) mass is 702 g/mol. The lowest BCUT2D eigenvalue weighted by molar-refractivity contribution is 0.0684. The number of aromatic carboxylic acids is 2.